The second kappa shape index (κ2) is 5.29. The molecule has 0 bridgehead atoms. The highest BCUT2D eigenvalue weighted by Gasteiger charge is 2.31. The van der Waals surface area contributed by atoms with Crippen LogP contribution in [0.1, 0.15) is 37.8 Å². The van der Waals surface area contributed by atoms with Gasteiger partial charge in [0, 0.05) is 24.6 Å². The van der Waals surface area contributed by atoms with Gasteiger partial charge in [-0.2, -0.15) is 0 Å². The number of hydrogen-bond donors (Lipinski definition) is 1. The lowest BCUT2D eigenvalue weighted by molar-refractivity contribution is 0.137. The minimum Gasteiger partial charge on any atom is -0.487 e. The monoisotopic (exact) mass is 309 g/mol. The van der Waals surface area contributed by atoms with Crippen molar-refractivity contribution in [2.45, 2.75) is 51.3 Å². The van der Waals surface area contributed by atoms with E-state index in [1.807, 2.05) is 0 Å². The maximum Gasteiger partial charge on any atom is 0.151 e. The van der Waals surface area contributed by atoms with Crippen LogP contribution in [0.3, 0.4) is 0 Å². The number of sulfone groups is 1. The van der Waals surface area contributed by atoms with E-state index in [9.17, 15) is 8.42 Å². The lowest BCUT2D eigenvalue weighted by atomic mass is 10.0. The Balaban J connectivity index is 1.69. The standard InChI is InChI=1S/C16H23NO3S/c1-16(2)9-12-5-3-6-13(15(12)20-16)10-17-14-7-4-8-21(18,19)11-14/h3,5-6,14,17H,4,7-11H2,1-2H3. The summed E-state index contributed by atoms with van der Waals surface area (Å²) in [5.41, 5.74) is 2.23. The summed E-state index contributed by atoms with van der Waals surface area (Å²) in [7, 11) is -2.86. The molecular weight excluding hydrogens is 286 g/mol. The van der Waals surface area contributed by atoms with Crippen molar-refractivity contribution in [1.82, 2.24) is 5.32 Å². The summed E-state index contributed by atoms with van der Waals surface area (Å²) < 4.78 is 29.4. The largest absolute Gasteiger partial charge is 0.487 e. The van der Waals surface area contributed by atoms with Gasteiger partial charge in [0.15, 0.2) is 9.84 Å². The molecule has 0 aliphatic carbocycles. The molecule has 2 aliphatic rings. The molecule has 0 saturated carbocycles. The van der Waals surface area contributed by atoms with Crippen LogP contribution < -0.4 is 10.1 Å². The topological polar surface area (TPSA) is 55.4 Å². The summed E-state index contributed by atoms with van der Waals surface area (Å²) in [5, 5.41) is 3.39. The number of para-hydroxylation sites is 1. The van der Waals surface area contributed by atoms with E-state index in [4.69, 9.17) is 4.74 Å². The Bertz CT molecular complexity index is 637. The molecular formula is C16H23NO3S. The third-order valence-corrected chi connectivity index (χ3v) is 6.04. The van der Waals surface area contributed by atoms with E-state index in [1.54, 1.807) is 0 Å². The zero-order valence-corrected chi connectivity index (χ0v) is 13.5. The number of hydrogen-bond acceptors (Lipinski definition) is 4. The van der Waals surface area contributed by atoms with Crippen molar-refractivity contribution in [3.05, 3.63) is 29.3 Å². The molecule has 1 aromatic rings. The van der Waals surface area contributed by atoms with Gasteiger partial charge in [0.25, 0.3) is 0 Å². The summed E-state index contributed by atoms with van der Waals surface area (Å²) in [6, 6.07) is 6.29. The normalized spacial score (nSPS) is 26.1. The molecule has 1 saturated heterocycles. The first-order valence-corrected chi connectivity index (χ1v) is 9.40. The van der Waals surface area contributed by atoms with Gasteiger partial charge in [-0.05, 0) is 32.3 Å². The molecule has 1 unspecified atom stereocenters. The molecule has 0 amide bonds. The first-order chi connectivity index (χ1) is 9.85. The van der Waals surface area contributed by atoms with Crippen molar-refractivity contribution in [3.63, 3.8) is 0 Å². The van der Waals surface area contributed by atoms with E-state index in [0.717, 1.165) is 30.6 Å². The SMILES string of the molecule is CC1(C)Cc2cccc(CNC3CCCS(=O)(=O)C3)c2O1. The van der Waals surface area contributed by atoms with Crippen molar-refractivity contribution in [2.24, 2.45) is 0 Å². The van der Waals surface area contributed by atoms with E-state index in [2.05, 4.69) is 37.4 Å². The first kappa shape index (κ1) is 14.9. The zero-order valence-electron chi connectivity index (χ0n) is 12.7. The Labute approximate surface area is 126 Å². The molecule has 1 N–H and O–H groups in total. The van der Waals surface area contributed by atoms with Crippen LogP contribution in [0.2, 0.25) is 0 Å². The highest BCUT2D eigenvalue weighted by Crippen LogP contribution is 2.37. The van der Waals surface area contributed by atoms with Crippen molar-refractivity contribution in [1.29, 1.82) is 0 Å². The number of nitrogens with one attached hydrogen (secondary N) is 1. The lowest BCUT2D eigenvalue weighted by Crippen LogP contribution is -2.39. The zero-order chi connectivity index (χ0) is 15.1. The second-order valence-corrected chi connectivity index (χ2v) is 9.01. The number of fused-ring (bicyclic) bond motifs is 1. The molecule has 21 heavy (non-hydrogen) atoms. The summed E-state index contributed by atoms with van der Waals surface area (Å²) in [5.74, 6) is 1.58. The van der Waals surface area contributed by atoms with Crippen molar-refractivity contribution < 1.29 is 13.2 Å². The highest BCUT2D eigenvalue weighted by atomic mass is 32.2. The van der Waals surface area contributed by atoms with Crippen LogP contribution in [0.25, 0.3) is 0 Å². The molecule has 0 spiro atoms. The molecule has 4 nitrogen and oxygen atoms in total. The number of rotatable bonds is 3. The average molecular weight is 309 g/mol. The van der Waals surface area contributed by atoms with Gasteiger partial charge in [0.05, 0.1) is 11.5 Å². The Kier molecular flexibility index (Phi) is 3.74. The molecule has 2 aliphatic heterocycles. The smallest absolute Gasteiger partial charge is 0.151 e. The summed E-state index contributed by atoms with van der Waals surface area (Å²) in [6.45, 7) is 4.86. The van der Waals surface area contributed by atoms with Crippen LogP contribution in [0.4, 0.5) is 0 Å². The quantitative estimate of drug-likeness (QED) is 0.928. The molecule has 2 heterocycles. The van der Waals surface area contributed by atoms with Crippen LogP contribution in [0.5, 0.6) is 5.75 Å². The van der Waals surface area contributed by atoms with Crippen molar-refractivity contribution in [3.8, 4) is 5.75 Å². The van der Waals surface area contributed by atoms with Gasteiger partial charge in [-0.15, -0.1) is 0 Å². The molecule has 116 valence electrons. The summed E-state index contributed by atoms with van der Waals surface area (Å²) >= 11 is 0. The Morgan fingerprint density at radius 2 is 2.19 bits per heavy atom. The maximum absolute atomic E-state index is 11.7. The summed E-state index contributed by atoms with van der Waals surface area (Å²) in [6.07, 6.45) is 2.62. The fourth-order valence-electron chi connectivity index (χ4n) is 3.26. The molecule has 1 aromatic carbocycles. The van der Waals surface area contributed by atoms with Crippen LogP contribution in [-0.2, 0) is 22.8 Å². The number of benzene rings is 1. The average Bonchev–Trinajstić information content (AvgIpc) is 2.69. The van der Waals surface area contributed by atoms with E-state index in [0.29, 0.717) is 12.3 Å². The van der Waals surface area contributed by atoms with E-state index in [-0.39, 0.29) is 17.4 Å². The first-order valence-electron chi connectivity index (χ1n) is 7.58. The van der Waals surface area contributed by atoms with Crippen molar-refractivity contribution in [2.75, 3.05) is 11.5 Å². The minimum atomic E-state index is -2.86. The Morgan fingerprint density at radius 1 is 1.38 bits per heavy atom. The fourth-order valence-corrected chi connectivity index (χ4v) is 4.93. The van der Waals surface area contributed by atoms with Gasteiger partial charge in [0.2, 0.25) is 0 Å². The predicted molar refractivity (Wildman–Crippen MR) is 83.4 cm³/mol. The van der Waals surface area contributed by atoms with Crippen LogP contribution in [0.15, 0.2) is 18.2 Å². The molecule has 0 aromatic heterocycles. The molecule has 1 fully saturated rings. The van der Waals surface area contributed by atoms with Gasteiger partial charge in [-0.1, -0.05) is 18.2 Å². The van der Waals surface area contributed by atoms with Gasteiger partial charge >= 0.3 is 0 Å². The fraction of sp³-hybridized carbons (Fsp3) is 0.625. The summed E-state index contributed by atoms with van der Waals surface area (Å²) in [4.78, 5) is 0. The van der Waals surface area contributed by atoms with Crippen LogP contribution in [0, 0.1) is 0 Å². The molecule has 1 atom stereocenters. The van der Waals surface area contributed by atoms with E-state index < -0.39 is 9.84 Å². The Morgan fingerprint density at radius 3 is 2.95 bits per heavy atom. The molecule has 5 heteroatoms. The third kappa shape index (κ3) is 3.40. The maximum atomic E-state index is 11.7. The number of ether oxygens (including phenoxy) is 1. The van der Waals surface area contributed by atoms with Gasteiger partial charge < -0.3 is 10.1 Å². The predicted octanol–water partition coefficient (Wildman–Crippen LogP) is 2.07. The van der Waals surface area contributed by atoms with Crippen LogP contribution in [-0.4, -0.2) is 31.6 Å². The van der Waals surface area contributed by atoms with E-state index >= 15 is 0 Å². The van der Waals surface area contributed by atoms with Gasteiger partial charge in [-0.25, -0.2) is 8.42 Å². The third-order valence-electron chi connectivity index (χ3n) is 4.22. The minimum absolute atomic E-state index is 0.0639. The second-order valence-electron chi connectivity index (χ2n) is 6.78. The molecule has 0 radical (unpaired) electrons. The van der Waals surface area contributed by atoms with Gasteiger partial charge in [0.1, 0.15) is 11.4 Å². The van der Waals surface area contributed by atoms with E-state index in [1.165, 1.54) is 5.56 Å². The lowest BCUT2D eigenvalue weighted by Gasteiger charge is -2.24. The van der Waals surface area contributed by atoms with Gasteiger partial charge in [-0.3, -0.25) is 0 Å². The molecule has 3 rings (SSSR count). The highest BCUT2D eigenvalue weighted by molar-refractivity contribution is 7.91. The van der Waals surface area contributed by atoms with Crippen molar-refractivity contribution >= 4 is 9.84 Å². The van der Waals surface area contributed by atoms with Crippen LogP contribution >= 0.6 is 0 Å². The Hall–Kier alpha value is -1.07.